The zero-order valence-electron chi connectivity index (χ0n) is 14.1. The van der Waals surface area contributed by atoms with Crippen molar-refractivity contribution in [3.05, 3.63) is 34.3 Å². The van der Waals surface area contributed by atoms with E-state index in [1.54, 1.807) is 0 Å². The molecule has 1 aliphatic heterocycles. The van der Waals surface area contributed by atoms with Crippen molar-refractivity contribution in [2.24, 2.45) is 0 Å². The summed E-state index contributed by atoms with van der Waals surface area (Å²) >= 11 is 3.48. The van der Waals surface area contributed by atoms with Gasteiger partial charge < -0.3 is 10.2 Å². The van der Waals surface area contributed by atoms with E-state index in [0.29, 0.717) is 0 Å². The van der Waals surface area contributed by atoms with Gasteiger partial charge in [-0.25, -0.2) is 9.59 Å². The van der Waals surface area contributed by atoms with Crippen LogP contribution in [0.4, 0.5) is 0 Å². The molecule has 0 amide bonds. The number of rotatable bonds is 4. The number of benzene rings is 1. The molecule has 2 N–H and O–H groups in total. The fourth-order valence-corrected chi connectivity index (χ4v) is 2.73. The van der Waals surface area contributed by atoms with Crippen LogP contribution in [0.5, 0.6) is 0 Å². The van der Waals surface area contributed by atoms with E-state index in [9.17, 15) is 0 Å². The van der Waals surface area contributed by atoms with Crippen LogP contribution < -0.4 is 0 Å². The number of nitrogens with zero attached hydrogens (tertiary/aromatic N) is 2. The number of piperazine rings is 1. The van der Waals surface area contributed by atoms with Gasteiger partial charge >= 0.3 is 11.9 Å². The monoisotopic (exact) mass is 400 g/mol. The Bertz CT molecular complexity index is 516. The Hall–Kier alpha value is -1.44. The molecule has 1 fully saturated rings. The maximum atomic E-state index is 9.10. The van der Waals surface area contributed by atoms with Crippen LogP contribution in [-0.2, 0) is 16.1 Å². The molecule has 0 aliphatic carbocycles. The summed E-state index contributed by atoms with van der Waals surface area (Å²) in [5.74, 6) is -3.65. The molecular weight excluding hydrogens is 376 g/mol. The first-order chi connectivity index (χ1) is 11.3. The molecule has 1 saturated heterocycles. The van der Waals surface area contributed by atoms with E-state index in [-0.39, 0.29) is 0 Å². The molecule has 1 atom stereocenters. The van der Waals surface area contributed by atoms with Crippen LogP contribution in [0.25, 0.3) is 0 Å². The van der Waals surface area contributed by atoms with E-state index in [1.807, 2.05) is 0 Å². The van der Waals surface area contributed by atoms with Gasteiger partial charge in [0.2, 0.25) is 0 Å². The highest BCUT2D eigenvalue weighted by Gasteiger charge is 2.19. The van der Waals surface area contributed by atoms with Crippen LogP contribution in [0.2, 0.25) is 0 Å². The minimum absolute atomic E-state index is 0.736. The third-order valence-electron chi connectivity index (χ3n) is 4.12. The zero-order valence-corrected chi connectivity index (χ0v) is 15.7. The molecule has 1 aromatic rings. The van der Waals surface area contributed by atoms with Crippen LogP contribution in [0, 0.1) is 0 Å². The van der Waals surface area contributed by atoms with E-state index in [1.165, 1.54) is 38.2 Å². The van der Waals surface area contributed by atoms with Crippen molar-refractivity contribution < 1.29 is 19.8 Å². The smallest absolute Gasteiger partial charge is 0.414 e. The lowest BCUT2D eigenvalue weighted by molar-refractivity contribution is -0.159. The first-order valence-corrected chi connectivity index (χ1v) is 8.79. The number of carboxylic acids is 2. The molecular formula is C17H25BrN2O4. The highest BCUT2D eigenvalue weighted by molar-refractivity contribution is 9.10. The van der Waals surface area contributed by atoms with E-state index in [2.05, 4.69) is 63.8 Å². The molecule has 0 bridgehead atoms. The summed E-state index contributed by atoms with van der Waals surface area (Å²) in [4.78, 5) is 23.4. The van der Waals surface area contributed by atoms with Crippen LogP contribution in [-0.4, -0.2) is 64.2 Å². The quantitative estimate of drug-likeness (QED) is 0.755. The van der Waals surface area contributed by atoms with Gasteiger partial charge in [0.05, 0.1) is 0 Å². The average Bonchev–Trinajstić information content (AvgIpc) is 2.57. The fourth-order valence-electron chi connectivity index (χ4n) is 2.47. The topological polar surface area (TPSA) is 81.1 Å². The van der Waals surface area contributed by atoms with Crippen LogP contribution in [0.15, 0.2) is 28.7 Å². The number of aliphatic carboxylic acids is 2. The van der Waals surface area contributed by atoms with Gasteiger partial charge in [0.15, 0.2) is 0 Å². The molecule has 24 heavy (non-hydrogen) atoms. The summed E-state index contributed by atoms with van der Waals surface area (Å²) in [6, 6.07) is 9.42. The van der Waals surface area contributed by atoms with Gasteiger partial charge in [-0.15, -0.1) is 0 Å². The third kappa shape index (κ3) is 7.42. The summed E-state index contributed by atoms with van der Waals surface area (Å²) in [5, 5.41) is 14.8. The molecule has 1 unspecified atom stereocenters. The van der Waals surface area contributed by atoms with Crippen LogP contribution >= 0.6 is 15.9 Å². The minimum Gasteiger partial charge on any atom is -0.473 e. The predicted molar refractivity (Wildman–Crippen MR) is 96.0 cm³/mol. The molecule has 1 heterocycles. The molecule has 0 radical (unpaired) electrons. The molecule has 134 valence electrons. The first kappa shape index (κ1) is 20.6. The van der Waals surface area contributed by atoms with Crippen molar-refractivity contribution in [1.29, 1.82) is 0 Å². The summed E-state index contributed by atoms with van der Waals surface area (Å²) < 4.78 is 1.16. The van der Waals surface area contributed by atoms with Crippen molar-refractivity contribution in [3.63, 3.8) is 0 Å². The van der Waals surface area contributed by atoms with Crippen molar-refractivity contribution in [2.45, 2.75) is 32.9 Å². The molecule has 7 heteroatoms. The van der Waals surface area contributed by atoms with E-state index in [0.717, 1.165) is 17.1 Å². The largest absolute Gasteiger partial charge is 0.473 e. The Morgan fingerprint density at radius 1 is 1.08 bits per heavy atom. The summed E-state index contributed by atoms with van der Waals surface area (Å²) in [6.45, 7) is 10.5. The average molecular weight is 401 g/mol. The molecule has 1 aromatic carbocycles. The lowest BCUT2D eigenvalue weighted by Crippen LogP contribution is -2.48. The van der Waals surface area contributed by atoms with Gasteiger partial charge in [-0.1, -0.05) is 35.0 Å². The maximum absolute atomic E-state index is 9.10. The van der Waals surface area contributed by atoms with Gasteiger partial charge in [-0.2, -0.15) is 0 Å². The zero-order chi connectivity index (χ0) is 18.1. The Morgan fingerprint density at radius 3 is 2.00 bits per heavy atom. The molecule has 0 spiro atoms. The first-order valence-electron chi connectivity index (χ1n) is 8.00. The second kappa shape index (κ2) is 10.4. The number of halogens is 1. The Kier molecular flexibility index (Phi) is 8.95. The number of carbonyl (C=O) groups is 2. The minimum atomic E-state index is -1.82. The summed E-state index contributed by atoms with van der Waals surface area (Å²) in [7, 11) is 0. The highest BCUT2D eigenvalue weighted by atomic mass is 79.9. The Labute approximate surface area is 151 Å². The van der Waals surface area contributed by atoms with E-state index < -0.39 is 11.9 Å². The Balaban J connectivity index is 0.000000413. The Morgan fingerprint density at radius 2 is 1.58 bits per heavy atom. The molecule has 0 aromatic heterocycles. The van der Waals surface area contributed by atoms with Crippen LogP contribution in [0.3, 0.4) is 0 Å². The SMILES string of the molecule is CCC(C)N1CCN(Cc2ccc(Br)cc2)CC1.O=C(O)C(=O)O. The lowest BCUT2D eigenvalue weighted by atomic mass is 10.1. The highest BCUT2D eigenvalue weighted by Crippen LogP contribution is 2.14. The second-order valence-electron chi connectivity index (χ2n) is 5.81. The summed E-state index contributed by atoms with van der Waals surface area (Å²) in [6.07, 6.45) is 1.26. The molecule has 1 aliphatic rings. The molecule has 2 rings (SSSR count). The molecule has 6 nitrogen and oxygen atoms in total. The van der Waals surface area contributed by atoms with Crippen molar-refractivity contribution in [3.8, 4) is 0 Å². The number of hydrogen-bond acceptors (Lipinski definition) is 4. The second-order valence-corrected chi connectivity index (χ2v) is 6.72. The predicted octanol–water partition coefficient (Wildman–Crippen LogP) is 2.52. The van der Waals surface area contributed by atoms with Crippen LogP contribution in [0.1, 0.15) is 25.8 Å². The maximum Gasteiger partial charge on any atom is 0.414 e. The van der Waals surface area contributed by atoms with Crippen molar-refractivity contribution in [1.82, 2.24) is 9.80 Å². The van der Waals surface area contributed by atoms with Gasteiger partial charge in [0.25, 0.3) is 0 Å². The van der Waals surface area contributed by atoms with E-state index >= 15 is 0 Å². The summed E-state index contributed by atoms with van der Waals surface area (Å²) in [5.41, 5.74) is 1.41. The third-order valence-corrected chi connectivity index (χ3v) is 4.65. The standard InChI is InChI=1S/C15H23BrN2.C2H2O4/c1-3-13(2)18-10-8-17(9-11-18)12-14-4-6-15(16)7-5-14;3-1(4)2(5)6/h4-7,13H,3,8-12H2,1-2H3;(H,3,4)(H,5,6). The normalized spacial score (nSPS) is 16.8. The van der Waals surface area contributed by atoms with E-state index in [4.69, 9.17) is 19.8 Å². The lowest BCUT2D eigenvalue weighted by Gasteiger charge is -2.37. The number of hydrogen-bond donors (Lipinski definition) is 2. The number of carboxylic acid groups (broad SMARTS) is 2. The van der Waals surface area contributed by atoms with Crippen molar-refractivity contribution in [2.75, 3.05) is 26.2 Å². The van der Waals surface area contributed by atoms with Gasteiger partial charge in [-0.3, -0.25) is 9.80 Å². The molecule has 0 saturated carbocycles. The van der Waals surface area contributed by atoms with Gasteiger partial charge in [0.1, 0.15) is 0 Å². The van der Waals surface area contributed by atoms with Gasteiger partial charge in [0, 0.05) is 43.2 Å². The van der Waals surface area contributed by atoms with Crippen molar-refractivity contribution >= 4 is 27.9 Å². The fraction of sp³-hybridized carbons (Fsp3) is 0.529. The van der Waals surface area contributed by atoms with Gasteiger partial charge in [-0.05, 0) is 31.0 Å².